The average molecular weight is 403 g/mol. The lowest BCUT2D eigenvalue weighted by atomic mass is 10.1. The second kappa shape index (κ2) is 8.53. The summed E-state index contributed by atoms with van der Waals surface area (Å²) in [5, 5.41) is 8.29. The second-order valence-electron chi connectivity index (χ2n) is 7.99. The Morgan fingerprint density at radius 3 is 2.75 bits per heavy atom. The number of aryl methyl sites for hydroxylation is 1. The summed E-state index contributed by atoms with van der Waals surface area (Å²) in [6.07, 6.45) is 6.59. The van der Waals surface area contributed by atoms with Gasteiger partial charge in [0.25, 0.3) is 5.91 Å². The minimum atomic E-state index is 0.0714. The van der Waals surface area contributed by atoms with Gasteiger partial charge < -0.3 is 15.1 Å². The predicted octanol–water partition coefficient (Wildman–Crippen LogP) is 2.30. The van der Waals surface area contributed by atoms with E-state index in [1.54, 1.807) is 6.20 Å². The maximum atomic E-state index is 12.6. The molecule has 1 aliphatic carbocycles. The molecule has 1 aromatic carbocycles. The highest BCUT2D eigenvalue weighted by molar-refractivity contribution is 6.30. The van der Waals surface area contributed by atoms with E-state index in [2.05, 4.69) is 28.3 Å². The van der Waals surface area contributed by atoms with Gasteiger partial charge in [0.1, 0.15) is 5.82 Å². The Hall–Kier alpha value is -2.05. The third-order valence-corrected chi connectivity index (χ3v) is 6.24. The van der Waals surface area contributed by atoms with Gasteiger partial charge in [-0.15, -0.1) is 0 Å². The lowest BCUT2D eigenvalue weighted by Crippen LogP contribution is -3.15. The van der Waals surface area contributed by atoms with Crippen molar-refractivity contribution < 1.29 is 9.69 Å². The normalized spacial score (nSPS) is 18.6. The first-order chi connectivity index (χ1) is 13.6. The highest BCUT2D eigenvalue weighted by atomic mass is 35.5. The van der Waals surface area contributed by atoms with Gasteiger partial charge in [-0.1, -0.05) is 30.5 Å². The Balaban J connectivity index is 1.30. The molecule has 1 aliphatic heterocycles. The SMILES string of the molecule is Cc1ccc(Cl)cc1N1CC[NH+](CC(=O)Nc2ccnn2C2CCCC2)CC1. The summed E-state index contributed by atoms with van der Waals surface area (Å²) in [6, 6.07) is 8.38. The Bertz CT molecular complexity index is 822. The number of rotatable bonds is 5. The number of anilines is 2. The van der Waals surface area contributed by atoms with Crippen molar-refractivity contribution in [3.05, 3.63) is 41.0 Å². The topological polar surface area (TPSA) is 54.6 Å². The number of nitrogens with one attached hydrogen (secondary N) is 2. The van der Waals surface area contributed by atoms with E-state index in [9.17, 15) is 4.79 Å². The molecule has 150 valence electrons. The van der Waals surface area contributed by atoms with Crippen LogP contribution in [0.15, 0.2) is 30.5 Å². The number of carbonyl (C=O) groups excluding carboxylic acids is 1. The minimum Gasteiger partial charge on any atom is -0.360 e. The molecule has 0 bridgehead atoms. The molecule has 0 unspecified atom stereocenters. The van der Waals surface area contributed by atoms with E-state index in [-0.39, 0.29) is 5.91 Å². The number of quaternary nitrogens is 1. The van der Waals surface area contributed by atoms with E-state index in [4.69, 9.17) is 11.6 Å². The van der Waals surface area contributed by atoms with E-state index in [0.717, 1.165) is 49.9 Å². The van der Waals surface area contributed by atoms with Crippen molar-refractivity contribution in [1.82, 2.24) is 9.78 Å². The molecule has 2 heterocycles. The molecule has 2 aliphatic rings. The van der Waals surface area contributed by atoms with Crippen LogP contribution < -0.4 is 15.1 Å². The zero-order chi connectivity index (χ0) is 19.5. The van der Waals surface area contributed by atoms with Crippen molar-refractivity contribution in [3.8, 4) is 0 Å². The third kappa shape index (κ3) is 4.33. The highest BCUT2D eigenvalue weighted by Gasteiger charge is 2.25. The molecule has 1 saturated heterocycles. The third-order valence-electron chi connectivity index (χ3n) is 6.00. The summed E-state index contributed by atoms with van der Waals surface area (Å²) in [4.78, 5) is 16.3. The van der Waals surface area contributed by atoms with E-state index >= 15 is 0 Å². The molecular weight excluding hydrogens is 374 g/mol. The number of piperazine rings is 1. The lowest BCUT2D eigenvalue weighted by molar-refractivity contribution is -0.892. The smallest absolute Gasteiger partial charge is 0.280 e. The number of benzene rings is 1. The largest absolute Gasteiger partial charge is 0.360 e. The maximum Gasteiger partial charge on any atom is 0.280 e. The van der Waals surface area contributed by atoms with Gasteiger partial charge in [-0.05, 0) is 37.5 Å². The number of hydrogen-bond donors (Lipinski definition) is 2. The van der Waals surface area contributed by atoms with Crippen LogP contribution in [-0.4, -0.2) is 48.4 Å². The molecule has 6 nitrogen and oxygen atoms in total. The Labute approximate surface area is 171 Å². The maximum absolute atomic E-state index is 12.6. The molecule has 1 amide bonds. The summed E-state index contributed by atoms with van der Waals surface area (Å²) in [5.41, 5.74) is 2.45. The molecule has 4 rings (SSSR count). The molecule has 0 radical (unpaired) electrons. The Morgan fingerprint density at radius 1 is 1.25 bits per heavy atom. The van der Waals surface area contributed by atoms with Crippen molar-refractivity contribution in [2.45, 2.75) is 38.6 Å². The van der Waals surface area contributed by atoms with Crippen LogP contribution in [0.4, 0.5) is 11.5 Å². The molecular formula is C21H29ClN5O+. The van der Waals surface area contributed by atoms with Crippen molar-refractivity contribution >= 4 is 29.0 Å². The second-order valence-corrected chi connectivity index (χ2v) is 8.43. The monoisotopic (exact) mass is 402 g/mol. The number of carbonyl (C=O) groups is 1. The molecule has 2 N–H and O–H groups in total. The molecule has 1 aromatic heterocycles. The standard InChI is InChI=1S/C21H28ClN5O/c1-16-6-7-17(22)14-19(16)26-12-10-25(11-13-26)15-21(28)24-20-8-9-23-27(20)18-4-2-3-5-18/h6-9,14,18H,2-5,10-13,15H2,1H3,(H,24,28)/p+1. The summed E-state index contributed by atoms with van der Waals surface area (Å²) >= 11 is 6.17. The highest BCUT2D eigenvalue weighted by Crippen LogP contribution is 2.31. The van der Waals surface area contributed by atoms with Crippen molar-refractivity contribution in [1.29, 1.82) is 0 Å². The van der Waals surface area contributed by atoms with Gasteiger partial charge >= 0.3 is 0 Å². The molecule has 7 heteroatoms. The average Bonchev–Trinajstić information content (AvgIpc) is 3.36. The van der Waals surface area contributed by atoms with Crippen molar-refractivity contribution in [3.63, 3.8) is 0 Å². The zero-order valence-corrected chi connectivity index (χ0v) is 17.2. The van der Waals surface area contributed by atoms with Gasteiger partial charge in [-0.2, -0.15) is 5.10 Å². The zero-order valence-electron chi connectivity index (χ0n) is 16.5. The van der Waals surface area contributed by atoms with Gasteiger partial charge in [0.05, 0.1) is 38.4 Å². The quantitative estimate of drug-likeness (QED) is 0.806. The number of aromatic nitrogens is 2. The Kier molecular flexibility index (Phi) is 5.87. The fourth-order valence-electron chi connectivity index (χ4n) is 4.43. The lowest BCUT2D eigenvalue weighted by Gasteiger charge is -2.34. The molecule has 0 spiro atoms. The predicted molar refractivity (Wildman–Crippen MR) is 112 cm³/mol. The summed E-state index contributed by atoms with van der Waals surface area (Å²) in [5.74, 6) is 0.909. The first-order valence-electron chi connectivity index (χ1n) is 10.3. The molecule has 0 atom stereocenters. The molecule has 1 saturated carbocycles. The minimum absolute atomic E-state index is 0.0714. The number of nitrogens with zero attached hydrogens (tertiary/aromatic N) is 3. The molecule has 28 heavy (non-hydrogen) atoms. The van der Waals surface area contributed by atoms with Crippen molar-refractivity contribution in [2.75, 3.05) is 42.9 Å². The van der Waals surface area contributed by atoms with Crippen LogP contribution in [0.3, 0.4) is 0 Å². The first kappa shape index (κ1) is 19.3. The van der Waals surface area contributed by atoms with Crippen LogP contribution in [-0.2, 0) is 4.79 Å². The Morgan fingerprint density at radius 2 is 2.00 bits per heavy atom. The fourth-order valence-corrected chi connectivity index (χ4v) is 4.60. The van der Waals surface area contributed by atoms with Crippen LogP contribution in [0.25, 0.3) is 0 Å². The van der Waals surface area contributed by atoms with Crippen LogP contribution in [0.5, 0.6) is 0 Å². The van der Waals surface area contributed by atoms with Crippen LogP contribution in [0.1, 0.15) is 37.3 Å². The summed E-state index contributed by atoms with van der Waals surface area (Å²) < 4.78 is 2.00. The van der Waals surface area contributed by atoms with Crippen LogP contribution >= 0.6 is 11.6 Å². The van der Waals surface area contributed by atoms with E-state index in [1.165, 1.54) is 29.0 Å². The summed E-state index contributed by atoms with van der Waals surface area (Å²) in [7, 11) is 0. The van der Waals surface area contributed by atoms with E-state index in [1.807, 2.05) is 22.9 Å². The van der Waals surface area contributed by atoms with Gasteiger partial charge in [0.15, 0.2) is 6.54 Å². The summed E-state index contributed by atoms with van der Waals surface area (Å²) in [6.45, 7) is 6.38. The number of halogens is 1. The molecule has 2 fully saturated rings. The van der Waals surface area contributed by atoms with Crippen molar-refractivity contribution in [2.24, 2.45) is 0 Å². The number of amides is 1. The van der Waals surface area contributed by atoms with Crippen LogP contribution in [0.2, 0.25) is 5.02 Å². The van der Waals surface area contributed by atoms with Gasteiger partial charge in [0.2, 0.25) is 0 Å². The fraction of sp³-hybridized carbons (Fsp3) is 0.524. The van der Waals surface area contributed by atoms with E-state index < -0.39 is 0 Å². The van der Waals surface area contributed by atoms with Gasteiger partial charge in [-0.3, -0.25) is 4.79 Å². The number of hydrogen-bond acceptors (Lipinski definition) is 3. The van der Waals surface area contributed by atoms with Gasteiger partial charge in [0, 0.05) is 16.8 Å². The van der Waals surface area contributed by atoms with Gasteiger partial charge in [-0.25, -0.2) is 4.68 Å². The van der Waals surface area contributed by atoms with Crippen LogP contribution in [0, 0.1) is 6.92 Å². The molecule has 2 aromatic rings. The van der Waals surface area contributed by atoms with E-state index in [0.29, 0.717) is 12.6 Å². The first-order valence-corrected chi connectivity index (χ1v) is 10.7.